The number of anilines is 1. The molecule has 2 heterocycles. The Morgan fingerprint density at radius 3 is 2.67 bits per heavy atom. The van der Waals surface area contributed by atoms with Crippen LogP contribution in [0.5, 0.6) is 0 Å². The van der Waals surface area contributed by atoms with E-state index in [2.05, 4.69) is 53.1 Å². The summed E-state index contributed by atoms with van der Waals surface area (Å²) in [5.41, 5.74) is 2.38. The third kappa shape index (κ3) is 3.28. The maximum atomic E-state index is 5.42. The average Bonchev–Trinajstić information content (AvgIpc) is 2.56. The fourth-order valence-electron chi connectivity index (χ4n) is 2.49. The first-order valence-electron chi connectivity index (χ1n) is 7.27. The molecule has 1 aromatic heterocycles. The Hall–Kier alpha value is -2.20. The van der Waals surface area contributed by atoms with Gasteiger partial charge in [-0.05, 0) is 11.6 Å². The summed E-state index contributed by atoms with van der Waals surface area (Å²) in [6.45, 7) is 7.81. The van der Waals surface area contributed by atoms with Crippen molar-refractivity contribution in [2.24, 2.45) is 0 Å². The van der Waals surface area contributed by atoms with Crippen LogP contribution >= 0.6 is 0 Å². The van der Waals surface area contributed by atoms with Crippen molar-refractivity contribution in [3.63, 3.8) is 0 Å². The Bertz CT molecular complexity index is 607. The van der Waals surface area contributed by atoms with Crippen molar-refractivity contribution in [3.8, 4) is 11.1 Å². The summed E-state index contributed by atoms with van der Waals surface area (Å²) < 4.78 is 7.37. The molecular formula is C17H20N3O+. The van der Waals surface area contributed by atoms with Crippen LogP contribution in [-0.2, 0) is 11.3 Å². The van der Waals surface area contributed by atoms with Crippen LogP contribution in [0.3, 0.4) is 0 Å². The molecule has 1 aliphatic heterocycles. The highest BCUT2D eigenvalue weighted by Crippen LogP contribution is 2.21. The summed E-state index contributed by atoms with van der Waals surface area (Å²) in [4.78, 5) is 2.27. The lowest BCUT2D eigenvalue weighted by molar-refractivity contribution is -0.743. The molecule has 1 fully saturated rings. The zero-order chi connectivity index (χ0) is 14.5. The van der Waals surface area contributed by atoms with E-state index in [0.29, 0.717) is 6.54 Å². The first kappa shape index (κ1) is 13.8. The summed E-state index contributed by atoms with van der Waals surface area (Å²) in [7, 11) is 0. The van der Waals surface area contributed by atoms with Gasteiger partial charge in [0.25, 0.3) is 0 Å². The lowest BCUT2D eigenvalue weighted by atomic mass is 10.1. The van der Waals surface area contributed by atoms with Crippen molar-refractivity contribution in [1.29, 1.82) is 0 Å². The van der Waals surface area contributed by atoms with Gasteiger partial charge in [-0.1, -0.05) is 41.6 Å². The van der Waals surface area contributed by atoms with Crippen molar-refractivity contribution >= 4 is 5.82 Å². The number of hydrogen-bond donors (Lipinski definition) is 0. The van der Waals surface area contributed by atoms with E-state index in [0.717, 1.165) is 32.1 Å². The largest absolute Gasteiger partial charge is 0.378 e. The quantitative estimate of drug-likeness (QED) is 0.635. The number of benzene rings is 1. The zero-order valence-electron chi connectivity index (χ0n) is 12.1. The van der Waals surface area contributed by atoms with Crippen LogP contribution in [0.25, 0.3) is 11.1 Å². The van der Waals surface area contributed by atoms with Crippen molar-refractivity contribution in [1.82, 2.24) is 5.10 Å². The number of allylic oxidation sites excluding steroid dienone is 1. The molecule has 0 amide bonds. The Morgan fingerprint density at radius 1 is 1.19 bits per heavy atom. The minimum atomic E-state index is 0.706. The predicted molar refractivity (Wildman–Crippen MR) is 83.1 cm³/mol. The molecule has 0 unspecified atom stereocenters. The molecule has 0 bridgehead atoms. The molecule has 1 aliphatic rings. The second-order valence-electron chi connectivity index (χ2n) is 5.06. The van der Waals surface area contributed by atoms with Crippen LogP contribution in [0.1, 0.15) is 0 Å². The summed E-state index contributed by atoms with van der Waals surface area (Å²) in [6, 6.07) is 12.5. The van der Waals surface area contributed by atoms with Crippen LogP contribution in [0.2, 0.25) is 0 Å². The van der Waals surface area contributed by atoms with Gasteiger partial charge < -0.3 is 9.64 Å². The zero-order valence-corrected chi connectivity index (χ0v) is 12.1. The first-order valence-corrected chi connectivity index (χ1v) is 7.27. The van der Waals surface area contributed by atoms with E-state index >= 15 is 0 Å². The second-order valence-corrected chi connectivity index (χ2v) is 5.06. The monoisotopic (exact) mass is 282 g/mol. The summed E-state index contributed by atoms with van der Waals surface area (Å²) in [5, 5.41) is 4.69. The highest BCUT2D eigenvalue weighted by Gasteiger charge is 2.18. The molecule has 0 aliphatic carbocycles. The van der Waals surface area contributed by atoms with Gasteiger partial charge in [-0.3, -0.25) is 0 Å². The van der Waals surface area contributed by atoms with Gasteiger partial charge in [-0.2, -0.15) is 0 Å². The highest BCUT2D eigenvalue weighted by atomic mass is 16.5. The van der Waals surface area contributed by atoms with Crippen LogP contribution < -0.4 is 9.58 Å². The third-order valence-electron chi connectivity index (χ3n) is 3.56. The number of aromatic nitrogens is 2. The predicted octanol–water partition coefficient (Wildman–Crippen LogP) is 2.06. The Balaban J connectivity index is 1.99. The number of hydrogen-bond acceptors (Lipinski definition) is 3. The van der Waals surface area contributed by atoms with Gasteiger partial charge in [0.2, 0.25) is 6.20 Å². The topological polar surface area (TPSA) is 29.2 Å². The van der Waals surface area contributed by atoms with Gasteiger partial charge in [-0.25, -0.2) is 0 Å². The lowest BCUT2D eigenvalue weighted by Crippen LogP contribution is -2.42. The smallest absolute Gasteiger partial charge is 0.204 e. The van der Waals surface area contributed by atoms with Gasteiger partial charge >= 0.3 is 0 Å². The van der Waals surface area contributed by atoms with Crippen molar-refractivity contribution in [2.75, 3.05) is 31.2 Å². The van der Waals surface area contributed by atoms with E-state index in [1.54, 1.807) is 0 Å². The molecule has 0 spiro atoms. The molecule has 1 aromatic carbocycles. The van der Waals surface area contributed by atoms with E-state index in [4.69, 9.17) is 4.74 Å². The van der Waals surface area contributed by atoms with Gasteiger partial charge in [-0.15, -0.1) is 0 Å². The van der Waals surface area contributed by atoms with E-state index in [1.807, 2.05) is 16.8 Å². The van der Waals surface area contributed by atoms with Crippen LogP contribution in [0, 0.1) is 0 Å². The summed E-state index contributed by atoms with van der Waals surface area (Å²) in [6.07, 6.45) is 3.94. The van der Waals surface area contributed by atoms with Gasteiger partial charge in [0.1, 0.15) is 0 Å². The molecule has 0 atom stereocenters. The van der Waals surface area contributed by atoms with E-state index in [1.165, 1.54) is 11.1 Å². The molecule has 3 rings (SSSR count). The Kier molecular flexibility index (Phi) is 4.26. The average molecular weight is 282 g/mol. The van der Waals surface area contributed by atoms with Crippen molar-refractivity contribution in [2.45, 2.75) is 6.54 Å². The lowest BCUT2D eigenvalue weighted by Gasteiger charge is -2.26. The molecular weight excluding hydrogens is 262 g/mol. The summed E-state index contributed by atoms with van der Waals surface area (Å²) >= 11 is 0. The number of ether oxygens (including phenoxy) is 1. The molecule has 4 heteroatoms. The molecule has 0 saturated carbocycles. The first-order chi connectivity index (χ1) is 10.4. The fourth-order valence-corrected chi connectivity index (χ4v) is 2.49. The van der Waals surface area contributed by atoms with Gasteiger partial charge in [0, 0.05) is 24.3 Å². The van der Waals surface area contributed by atoms with E-state index < -0.39 is 0 Å². The number of morpholine rings is 1. The van der Waals surface area contributed by atoms with Crippen LogP contribution in [0.15, 0.2) is 55.3 Å². The second kappa shape index (κ2) is 6.50. The van der Waals surface area contributed by atoms with Crippen LogP contribution in [-0.4, -0.2) is 31.4 Å². The minimum absolute atomic E-state index is 0.706. The number of nitrogens with zero attached hydrogens (tertiary/aromatic N) is 3. The molecule has 1 saturated heterocycles. The van der Waals surface area contributed by atoms with E-state index in [-0.39, 0.29) is 0 Å². The van der Waals surface area contributed by atoms with Gasteiger partial charge in [0.15, 0.2) is 12.4 Å². The minimum Gasteiger partial charge on any atom is -0.378 e. The van der Waals surface area contributed by atoms with Crippen molar-refractivity contribution in [3.05, 3.63) is 55.3 Å². The molecule has 21 heavy (non-hydrogen) atoms. The normalized spacial score (nSPS) is 15.0. The molecule has 108 valence electrons. The maximum absolute atomic E-state index is 5.42. The number of rotatable bonds is 4. The Labute approximate surface area is 125 Å². The molecule has 0 radical (unpaired) electrons. The summed E-state index contributed by atoms with van der Waals surface area (Å²) in [5.74, 6) is 1.00. The third-order valence-corrected chi connectivity index (χ3v) is 3.56. The molecule has 0 N–H and O–H groups in total. The Morgan fingerprint density at radius 2 is 1.95 bits per heavy atom. The molecule has 4 nitrogen and oxygen atoms in total. The molecule has 2 aromatic rings. The standard InChI is InChI=1S/C17H20N3O/c1-2-8-20-14-16(15-6-4-3-5-7-15)13-17(18-20)19-9-11-21-12-10-19/h2-7,13-14H,1,8-12H2/q+1. The maximum Gasteiger partial charge on any atom is 0.204 e. The van der Waals surface area contributed by atoms with Crippen molar-refractivity contribution < 1.29 is 9.42 Å². The fraction of sp³-hybridized carbons (Fsp3) is 0.294. The van der Waals surface area contributed by atoms with Crippen LogP contribution in [0.4, 0.5) is 5.82 Å². The SMILES string of the molecule is C=CC[n+]1cc(-c2ccccc2)cc(N2CCOCC2)n1. The van der Waals surface area contributed by atoms with E-state index in [9.17, 15) is 0 Å². The highest BCUT2D eigenvalue weighted by molar-refractivity contribution is 5.64. The van der Waals surface area contributed by atoms with Gasteiger partial charge in [0.05, 0.1) is 18.8 Å².